The van der Waals surface area contributed by atoms with Gasteiger partial charge in [-0.25, -0.2) is 0 Å². The summed E-state index contributed by atoms with van der Waals surface area (Å²) in [4.78, 5) is 0. The van der Waals surface area contributed by atoms with Gasteiger partial charge in [-0.1, -0.05) is 134 Å². The van der Waals surface area contributed by atoms with Gasteiger partial charge >= 0.3 is 0 Å². The SMILES string of the molecule is C=C(C)C/C=C/C(=C)C[C@@H](C)[C@@H](OCc1ccccc1)[C@H](OCc1ccccc1)[C@@H]1CC[C@H](COCc2ccccc2)O1. The maximum Gasteiger partial charge on any atom is 0.110 e. The van der Waals surface area contributed by atoms with Gasteiger partial charge in [0.1, 0.15) is 6.10 Å². The van der Waals surface area contributed by atoms with E-state index in [-0.39, 0.29) is 30.3 Å². The summed E-state index contributed by atoms with van der Waals surface area (Å²) in [6.45, 7) is 14.8. The van der Waals surface area contributed by atoms with Gasteiger partial charge in [0.25, 0.3) is 0 Å². The van der Waals surface area contributed by atoms with Crippen molar-refractivity contribution < 1.29 is 18.9 Å². The van der Waals surface area contributed by atoms with Crippen LogP contribution >= 0.6 is 0 Å². The molecule has 228 valence electrons. The van der Waals surface area contributed by atoms with Crippen molar-refractivity contribution in [3.8, 4) is 0 Å². The first kappa shape index (κ1) is 32.6. The molecule has 1 heterocycles. The molecule has 0 saturated carbocycles. The van der Waals surface area contributed by atoms with E-state index in [9.17, 15) is 0 Å². The Bertz CT molecular complexity index is 1250. The highest BCUT2D eigenvalue weighted by molar-refractivity contribution is 5.18. The Morgan fingerprint density at radius 3 is 1.95 bits per heavy atom. The standard InChI is InChI=1S/C39H48O4/c1-30(2)15-14-16-31(3)25-32(4)38(41-27-34-19-10-6-11-20-34)39(42-28-35-21-12-7-13-22-35)37-24-23-36(43-37)29-40-26-33-17-8-5-9-18-33/h5-14,16-22,32,36-39H,1,3,15,23-29H2,2,4H3/b16-14+/t32-,36-,37+,38-,39-/m1/s1. The molecule has 0 N–H and O–H groups in total. The second-order valence-corrected chi connectivity index (χ2v) is 11.8. The molecule has 5 atom stereocenters. The van der Waals surface area contributed by atoms with Gasteiger partial charge in [0.15, 0.2) is 0 Å². The van der Waals surface area contributed by atoms with Crippen LogP contribution in [0.3, 0.4) is 0 Å². The van der Waals surface area contributed by atoms with Crippen molar-refractivity contribution in [3.63, 3.8) is 0 Å². The van der Waals surface area contributed by atoms with Crippen LogP contribution in [0.1, 0.15) is 56.2 Å². The van der Waals surface area contributed by atoms with Crippen LogP contribution in [0.5, 0.6) is 0 Å². The second-order valence-electron chi connectivity index (χ2n) is 11.8. The van der Waals surface area contributed by atoms with Gasteiger partial charge in [0.05, 0.1) is 44.7 Å². The molecule has 4 nitrogen and oxygen atoms in total. The van der Waals surface area contributed by atoms with E-state index >= 15 is 0 Å². The Morgan fingerprint density at radius 1 is 0.814 bits per heavy atom. The molecule has 4 heteroatoms. The first-order chi connectivity index (χ1) is 21.0. The van der Waals surface area contributed by atoms with E-state index in [0.717, 1.165) is 48.0 Å². The quantitative estimate of drug-likeness (QED) is 0.111. The summed E-state index contributed by atoms with van der Waals surface area (Å²) in [5.41, 5.74) is 5.65. The summed E-state index contributed by atoms with van der Waals surface area (Å²) >= 11 is 0. The van der Waals surface area contributed by atoms with Crippen LogP contribution in [0.25, 0.3) is 0 Å². The molecule has 0 aliphatic carbocycles. The Hall–Kier alpha value is -3.28. The molecule has 0 aromatic heterocycles. The number of rotatable bonds is 18. The van der Waals surface area contributed by atoms with E-state index in [1.165, 1.54) is 5.56 Å². The monoisotopic (exact) mass is 580 g/mol. The number of allylic oxidation sites excluding steroid dienone is 4. The van der Waals surface area contributed by atoms with Crippen LogP contribution in [-0.2, 0) is 38.8 Å². The average molecular weight is 581 g/mol. The third kappa shape index (κ3) is 11.4. The van der Waals surface area contributed by atoms with Gasteiger partial charge in [0.2, 0.25) is 0 Å². The van der Waals surface area contributed by atoms with Gasteiger partial charge < -0.3 is 18.9 Å². The lowest BCUT2D eigenvalue weighted by atomic mass is 9.89. The Morgan fingerprint density at radius 2 is 1.37 bits per heavy atom. The lowest BCUT2D eigenvalue weighted by molar-refractivity contribution is -0.162. The Kier molecular flexibility index (Phi) is 13.5. The van der Waals surface area contributed by atoms with Crippen LogP contribution in [0.2, 0.25) is 0 Å². The molecule has 0 amide bonds. The summed E-state index contributed by atoms with van der Waals surface area (Å²) in [7, 11) is 0. The van der Waals surface area contributed by atoms with Gasteiger partial charge in [-0.2, -0.15) is 0 Å². The number of benzene rings is 3. The van der Waals surface area contributed by atoms with Crippen molar-refractivity contribution in [2.45, 2.75) is 83.8 Å². The highest BCUT2D eigenvalue weighted by atomic mass is 16.6. The topological polar surface area (TPSA) is 36.9 Å². The van der Waals surface area contributed by atoms with Gasteiger partial charge in [-0.3, -0.25) is 0 Å². The minimum Gasteiger partial charge on any atom is -0.374 e. The summed E-state index contributed by atoms with van der Waals surface area (Å²) < 4.78 is 26.2. The van der Waals surface area contributed by atoms with Crippen LogP contribution in [0.4, 0.5) is 0 Å². The fourth-order valence-electron chi connectivity index (χ4n) is 5.53. The summed E-state index contributed by atoms with van der Waals surface area (Å²) in [5.74, 6) is 0.156. The Balaban J connectivity index is 1.48. The van der Waals surface area contributed by atoms with Gasteiger partial charge in [0, 0.05) is 0 Å². The molecule has 43 heavy (non-hydrogen) atoms. The summed E-state index contributed by atoms with van der Waals surface area (Å²) in [6, 6.07) is 30.9. The smallest absolute Gasteiger partial charge is 0.110 e. The predicted octanol–water partition coefficient (Wildman–Crippen LogP) is 9.03. The Labute approximate surface area is 259 Å². The number of ether oxygens (including phenoxy) is 4. The molecule has 1 aliphatic heterocycles. The minimum atomic E-state index is -0.245. The molecule has 0 bridgehead atoms. The normalized spacial score (nSPS) is 18.8. The zero-order chi connectivity index (χ0) is 30.3. The second kappa shape index (κ2) is 17.7. The van der Waals surface area contributed by atoms with Crippen LogP contribution in [0, 0.1) is 5.92 Å². The van der Waals surface area contributed by atoms with E-state index in [1.54, 1.807) is 0 Å². The summed E-state index contributed by atoms with van der Waals surface area (Å²) in [6.07, 6.45) is 7.24. The largest absolute Gasteiger partial charge is 0.374 e. The molecule has 3 aromatic rings. The molecular formula is C39H48O4. The van der Waals surface area contributed by atoms with E-state index in [1.807, 2.05) is 49.4 Å². The lowest BCUT2D eigenvalue weighted by Gasteiger charge is -2.35. The predicted molar refractivity (Wildman–Crippen MR) is 176 cm³/mol. The van der Waals surface area contributed by atoms with Crippen molar-refractivity contribution in [1.82, 2.24) is 0 Å². The highest BCUT2D eigenvalue weighted by Crippen LogP contribution is 2.32. The molecular weight excluding hydrogens is 532 g/mol. The first-order valence-electron chi connectivity index (χ1n) is 15.5. The molecule has 1 saturated heterocycles. The van der Waals surface area contributed by atoms with Gasteiger partial charge in [-0.15, -0.1) is 0 Å². The number of hydrogen-bond donors (Lipinski definition) is 0. The zero-order valence-corrected chi connectivity index (χ0v) is 25.9. The zero-order valence-electron chi connectivity index (χ0n) is 25.9. The van der Waals surface area contributed by atoms with Crippen molar-refractivity contribution >= 4 is 0 Å². The molecule has 0 unspecified atom stereocenters. The number of hydrogen-bond acceptors (Lipinski definition) is 4. The lowest BCUT2D eigenvalue weighted by Crippen LogP contribution is -2.45. The van der Waals surface area contributed by atoms with Crippen molar-refractivity contribution in [1.29, 1.82) is 0 Å². The van der Waals surface area contributed by atoms with Crippen molar-refractivity contribution in [2.75, 3.05) is 6.61 Å². The third-order valence-corrected chi connectivity index (χ3v) is 7.78. The van der Waals surface area contributed by atoms with Crippen LogP contribution < -0.4 is 0 Å². The van der Waals surface area contributed by atoms with Crippen LogP contribution in [-0.4, -0.2) is 31.0 Å². The van der Waals surface area contributed by atoms with Crippen molar-refractivity contribution in [2.24, 2.45) is 5.92 Å². The van der Waals surface area contributed by atoms with E-state index in [2.05, 4.69) is 80.8 Å². The van der Waals surface area contributed by atoms with Gasteiger partial charge in [-0.05, 0) is 55.2 Å². The first-order valence-corrected chi connectivity index (χ1v) is 15.5. The molecule has 1 fully saturated rings. The molecule has 4 rings (SSSR count). The molecule has 0 radical (unpaired) electrons. The maximum absolute atomic E-state index is 6.76. The van der Waals surface area contributed by atoms with Crippen molar-refractivity contribution in [3.05, 3.63) is 144 Å². The molecule has 1 aliphatic rings. The van der Waals surface area contributed by atoms with E-state index < -0.39 is 0 Å². The third-order valence-electron chi connectivity index (χ3n) is 7.78. The molecule has 0 spiro atoms. The fourth-order valence-corrected chi connectivity index (χ4v) is 5.53. The van der Waals surface area contributed by atoms with E-state index in [4.69, 9.17) is 18.9 Å². The van der Waals surface area contributed by atoms with E-state index in [0.29, 0.717) is 26.4 Å². The molecule has 3 aromatic carbocycles. The minimum absolute atomic E-state index is 0.0293. The van der Waals surface area contributed by atoms with Crippen LogP contribution in [0.15, 0.2) is 127 Å². The maximum atomic E-state index is 6.76. The summed E-state index contributed by atoms with van der Waals surface area (Å²) in [5, 5.41) is 0. The fraction of sp³-hybridized carbons (Fsp3) is 0.385. The average Bonchev–Trinajstić information content (AvgIpc) is 3.48. The highest BCUT2D eigenvalue weighted by Gasteiger charge is 2.40.